The van der Waals surface area contributed by atoms with Crippen LogP contribution >= 0.6 is 11.8 Å². The van der Waals surface area contributed by atoms with E-state index in [-0.39, 0.29) is 17.6 Å². The molecule has 0 aliphatic heterocycles. The summed E-state index contributed by atoms with van der Waals surface area (Å²) in [7, 11) is 1.57. The van der Waals surface area contributed by atoms with Crippen molar-refractivity contribution in [1.82, 2.24) is 0 Å². The highest BCUT2D eigenvalue weighted by Gasteiger charge is 2.10. The van der Waals surface area contributed by atoms with Crippen LogP contribution in [-0.2, 0) is 4.79 Å². The molecule has 29 heavy (non-hydrogen) atoms. The van der Waals surface area contributed by atoms with Gasteiger partial charge in [0.15, 0.2) is 0 Å². The van der Waals surface area contributed by atoms with Gasteiger partial charge in [-0.05, 0) is 48.9 Å². The number of benzene rings is 3. The summed E-state index contributed by atoms with van der Waals surface area (Å²) in [4.78, 5) is 25.7. The summed E-state index contributed by atoms with van der Waals surface area (Å²) in [6.07, 6.45) is 0. The fourth-order valence-electron chi connectivity index (χ4n) is 2.77. The van der Waals surface area contributed by atoms with E-state index in [0.717, 1.165) is 10.5 Å². The maximum Gasteiger partial charge on any atom is 0.255 e. The summed E-state index contributed by atoms with van der Waals surface area (Å²) in [6.45, 7) is 1.90. The van der Waals surface area contributed by atoms with Crippen LogP contribution < -0.4 is 15.4 Å². The minimum atomic E-state index is -0.154. The van der Waals surface area contributed by atoms with Crippen LogP contribution in [0.4, 0.5) is 11.4 Å². The number of nitrogens with one attached hydrogen (secondary N) is 2. The smallest absolute Gasteiger partial charge is 0.255 e. The van der Waals surface area contributed by atoms with Gasteiger partial charge in [-0.1, -0.05) is 36.4 Å². The molecule has 0 saturated carbocycles. The summed E-state index contributed by atoms with van der Waals surface area (Å²) in [6, 6.07) is 22.2. The van der Waals surface area contributed by atoms with Crippen LogP contribution in [0.25, 0.3) is 0 Å². The van der Waals surface area contributed by atoms with Crippen LogP contribution in [0.3, 0.4) is 0 Å². The molecule has 0 radical (unpaired) electrons. The molecule has 148 valence electrons. The molecular formula is C23H22N2O3S. The van der Waals surface area contributed by atoms with Gasteiger partial charge in [0.1, 0.15) is 5.75 Å². The second-order valence-electron chi connectivity index (χ2n) is 6.33. The number of ether oxygens (including phenoxy) is 1. The summed E-state index contributed by atoms with van der Waals surface area (Å²) >= 11 is 1.40. The van der Waals surface area contributed by atoms with Crippen LogP contribution in [0.5, 0.6) is 5.75 Å². The molecule has 0 atom stereocenters. The Balaban J connectivity index is 1.59. The third kappa shape index (κ3) is 5.62. The Morgan fingerprint density at radius 2 is 1.69 bits per heavy atom. The number of methoxy groups -OCH3 is 1. The minimum Gasteiger partial charge on any atom is -0.495 e. The number of hydrogen-bond acceptors (Lipinski definition) is 4. The molecule has 3 aromatic rings. The molecule has 2 amide bonds. The molecule has 0 aromatic heterocycles. The predicted molar refractivity (Wildman–Crippen MR) is 118 cm³/mol. The third-order valence-electron chi connectivity index (χ3n) is 4.23. The molecule has 2 N–H and O–H groups in total. The van der Waals surface area contributed by atoms with E-state index in [9.17, 15) is 9.59 Å². The Hall–Kier alpha value is -3.25. The highest BCUT2D eigenvalue weighted by atomic mass is 32.2. The normalized spacial score (nSPS) is 10.3. The Bertz CT molecular complexity index is 1020. The first-order chi connectivity index (χ1) is 14.1. The largest absolute Gasteiger partial charge is 0.495 e. The van der Waals surface area contributed by atoms with Crippen molar-refractivity contribution in [2.45, 2.75) is 11.8 Å². The molecule has 6 heteroatoms. The third-order valence-corrected chi connectivity index (χ3v) is 5.23. The van der Waals surface area contributed by atoms with Gasteiger partial charge < -0.3 is 15.4 Å². The maximum absolute atomic E-state index is 12.5. The van der Waals surface area contributed by atoms with Crippen molar-refractivity contribution in [3.8, 4) is 5.75 Å². The van der Waals surface area contributed by atoms with E-state index in [0.29, 0.717) is 22.7 Å². The summed E-state index contributed by atoms with van der Waals surface area (Å²) in [5, 5.41) is 5.76. The summed E-state index contributed by atoms with van der Waals surface area (Å²) in [5.41, 5.74) is 2.89. The number of aryl methyl sites for hydroxylation is 1. The molecule has 0 heterocycles. The first-order valence-electron chi connectivity index (χ1n) is 9.09. The second-order valence-corrected chi connectivity index (χ2v) is 7.38. The van der Waals surface area contributed by atoms with Crippen LogP contribution in [0, 0.1) is 6.92 Å². The number of carbonyl (C=O) groups excluding carboxylic acids is 2. The van der Waals surface area contributed by atoms with Gasteiger partial charge in [-0.25, -0.2) is 0 Å². The van der Waals surface area contributed by atoms with Crippen LogP contribution in [0.1, 0.15) is 15.9 Å². The lowest BCUT2D eigenvalue weighted by molar-refractivity contribution is -0.113. The highest BCUT2D eigenvalue weighted by Crippen LogP contribution is 2.25. The standard InChI is InChI=1S/C23H22N2O3S/c1-16-8-3-4-11-19(16)23(27)24-17-9-7-10-18(14-17)29-15-22(26)25-20-12-5-6-13-21(20)28-2/h3-14H,15H2,1-2H3,(H,24,27)(H,25,26). The Labute approximate surface area is 174 Å². The van der Waals surface area contributed by atoms with Crippen molar-refractivity contribution in [3.05, 3.63) is 83.9 Å². The average molecular weight is 407 g/mol. The number of anilines is 2. The lowest BCUT2D eigenvalue weighted by atomic mass is 10.1. The molecule has 0 saturated heterocycles. The predicted octanol–water partition coefficient (Wildman–Crippen LogP) is 4.99. The maximum atomic E-state index is 12.5. The van der Waals surface area contributed by atoms with Gasteiger partial charge in [-0.3, -0.25) is 9.59 Å². The molecule has 0 unspecified atom stereocenters. The van der Waals surface area contributed by atoms with Crippen molar-refractivity contribution < 1.29 is 14.3 Å². The fourth-order valence-corrected chi connectivity index (χ4v) is 3.53. The SMILES string of the molecule is COc1ccccc1NC(=O)CSc1cccc(NC(=O)c2ccccc2C)c1. The van der Waals surface area contributed by atoms with E-state index < -0.39 is 0 Å². The van der Waals surface area contributed by atoms with E-state index in [1.807, 2.05) is 61.5 Å². The molecule has 0 fully saturated rings. The Morgan fingerprint density at radius 1 is 0.931 bits per heavy atom. The first-order valence-corrected chi connectivity index (χ1v) is 10.1. The Morgan fingerprint density at radius 3 is 2.48 bits per heavy atom. The van der Waals surface area contributed by atoms with Crippen molar-refractivity contribution in [2.24, 2.45) is 0 Å². The molecular weight excluding hydrogens is 384 g/mol. The van der Waals surface area contributed by atoms with Gasteiger partial charge in [-0.15, -0.1) is 11.8 Å². The van der Waals surface area contributed by atoms with Crippen molar-refractivity contribution in [2.75, 3.05) is 23.5 Å². The van der Waals surface area contributed by atoms with Crippen molar-refractivity contribution >= 4 is 35.0 Å². The van der Waals surface area contributed by atoms with Gasteiger partial charge in [0.25, 0.3) is 5.91 Å². The zero-order valence-corrected chi connectivity index (χ0v) is 17.1. The minimum absolute atomic E-state index is 0.131. The van der Waals surface area contributed by atoms with Crippen molar-refractivity contribution in [3.63, 3.8) is 0 Å². The number of para-hydroxylation sites is 2. The van der Waals surface area contributed by atoms with Gasteiger partial charge >= 0.3 is 0 Å². The number of rotatable bonds is 7. The van der Waals surface area contributed by atoms with Gasteiger partial charge in [-0.2, -0.15) is 0 Å². The van der Waals surface area contributed by atoms with Gasteiger partial charge in [0.2, 0.25) is 5.91 Å². The molecule has 0 bridgehead atoms. The van der Waals surface area contributed by atoms with E-state index in [4.69, 9.17) is 4.74 Å². The molecule has 0 aliphatic rings. The molecule has 0 spiro atoms. The number of carbonyl (C=O) groups is 2. The topological polar surface area (TPSA) is 67.4 Å². The van der Waals surface area contributed by atoms with E-state index in [2.05, 4.69) is 10.6 Å². The highest BCUT2D eigenvalue weighted by molar-refractivity contribution is 8.00. The fraction of sp³-hybridized carbons (Fsp3) is 0.130. The van der Waals surface area contributed by atoms with Gasteiger partial charge in [0.05, 0.1) is 18.6 Å². The molecule has 5 nitrogen and oxygen atoms in total. The number of amides is 2. The second kappa shape index (κ2) is 9.80. The van der Waals surface area contributed by atoms with E-state index in [1.165, 1.54) is 11.8 Å². The first kappa shape index (κ1) is 20.5. The van der Waals surface area contributed by atoms with Crippen LogP contribution in [0.2, 0.25) is 0 Å². The lowest BCUT2D eigenvalue weighted by Crippen LogP contribution is -2.15. The lowest BCUT2D eigenvalue weighted by Gasteiger charge is -2.10. The average Bonchev–Trinajstić information content (AvgIpc) is 2.73. The summed E-state index contributed by atoms with van der Waals surface area (Å²) < 4.78 is 5.24. The quantitative estimate of drug-likeness (QED) is 0.543. The monoisotopic (exact) mass is 406 g/mol. The van der Waals surface area contributed by atoms with E-state index in [1.54, 1.807) is 25.3 Å². The van der Waals surface area contributed by atoms with Crippen LogP contribution in [0.15, 0.2) is 77.7 Å². The number of thioether (sulfide) groups is 1. The zero-order valence-electron chi connectivity index (χ0n) is 16.3. The molecule has 3 rings (SSSR count). The molecule has 3 aromatic carbocycles. The summed E-state index contributed by atoms with van der Waals surface area (Å²) in [5.74, 6) is 0.576. The van der Waals surface area contributed by atoms with Gasteiger partial charge in [0, 0.05) is 16.1 Å². The zero-order chi connectivity index (χ0) is 20.6. The van der Waals surface area contributed by atoms with Crippen molar-refractivity contribution in [1.29, 1.82) is 0 Å². The number of hydrogen-bond donors (Lipinski definition) is 2. The Kier molecular flexibility index (Phi) is 6.92. The van der Waals surface area contributed by atoms with E-state index >= 15 is 0 Å². The van der Waals surface area contributed by atoms with Crippen LogP contribution in [-0.4, -0.2) is 24.7 Å². The molecule has 0 aliphatic carbocycles.